The van der Waals surface area contributed by atoms with Crippen molar-refractivity contribution >= 4 is 34.1 Å². The minimum Gasteiger partial charge on any atom is -0.399 e. The highest BCUT2D eigenvalue weighted by Crippen LogP contribution is 2.38. The average molecular weight is 513 g/mol. The molecular formula is C36H37BO2. The van der Waals surface area contributed by atoms with Crippen molar-refractivity contribution in [2.75, 3.05) is 0 Å². The molecule has 0 N–H and O–H groups in total. The van der Waals surface area contributed by atoms with Gasteiger partial charge in [0.15, 0.2) is 0 Å². The summed E-state index contributed by atoms with van der Waals surface area (Å²) in [5.41, 5.74) is 6.77. The maximum atomic E-state index is 6.28. The molecule has 0 atom stereocenters. The van der Waals surface area contributed by atoms with E-state index in [2.05, 4.69) is 146 Å². The van der Waals surface area contributed by atoms with Crippen molar-refractivity contribution in [3.8, 4) is 22.3 Å². The third kappa shape index (κ3) is 4.58. The van der Waals surface area contributed by atoms with Crippen molar-refractivity contribution in [3.05, 3.63) is 103 Å². The van der Waals surface area contributed by atoms with E-state index >= 15 is 0 Å². The lowest BCUT2D eigenvalue weighted by molar-refractivity contribution is 0.00578. The lowest BCUT2D eigenvalue weighted by Gasteiger charge is -2.32. The van der Waals surface area contributed by atoms with E-state index in [1.165, 1.54) is 49.4 Å². The molecule has 1 saturated heterocycles. The van der Waals surface area contributed by atoms with Gasteiger partial charge in [-0.2, -0.15) is 0 Å². The maximum absolute atomic E-state index is 6.28. The van der Waals surface area contributed by atoms with E-state index in [4.69, 9.17) is 9.31 Å². The van der Waals surface area contributed by atoms with Crippen molar-refractivity contribution in [2.24, 2.45) is 0 Å². The largest absolute Gasteiger partial charge is 0.494 e. The molecule has 39 heavy (non-hydrogen) atoms. The Morgan fingerprint density at radius 2 is 1.18 bits per heavy atom. The van der Waals surface area contributed by atoms with Crippen LogP contribution in [-0.4, -0.2) is 18.3 Å². The van der Waals surface area contributed by atoms with Crippen LogP contribution < -0.4 is 5.46 Å². The maximum Gasteiger partial charge on any atom is 0.494 e. The molecule has 196 valence electrons. The Bertz CT molecular complexity index is 1690. The van der Waals surface area contributed by atoms with E-state index in [0.717, 1.165) is 5.46 Å². The number of benzene rings is 5. The van der Waals surface area contributed by atoms with E-state index in [9.17, 15) is 0 Å². The first-order valence-corrected chi connectivity index (χ1v) is 14.0. The molecule has 2 nitrogen and oxygen atoms in total. The SMILES string of the molecule is CC(C)(C)c1ccc(-c2cccc(-c3ccc4cc(B5OC(C)(C)C(C)(C)O5)ccc4c3)c2)c2ccccc12. The molecule has 0 bridgehead atoms. The fourth-order valence-electron chi connectivity index (χ4n) is 5.64. The molecule has 5 aromatic carbocycles. The molecule has 1 heterocycles. The van der Waals surface area contributed by atoms with E-state index in [1.807, 2.05) is 0 Å². The van der Waals surface area contributed by atoms with Crippen LogP contribution in [0, 0.1) is 0 Å². The predicted molar refractivity (Wildman–Crippen MR) is 167 cm³/mol. The summed E-state index contributed by atoms with van der Waals surface area (Å²) in [6, 6.07) is 35.5. The van der Waals surface area contributed by atoms with Crippen molar-refractivity contribution < 1.29 is 9.31 Å². The van der Waals surface area contributed by atoms with Crippen LogP contribution in [0.2, 0.25) is 0 Å². The van der Waals surface area contributed by atoms with Gasteiger partial charge in [-0.15, -0.1) is 0 Å². The van der Waals surface area contributed by atoms with Crippen molar-refractivity contribution in [1.82, 2.24) is 0 Å². The first-order valence-electron chi connectivity index (χ1n) is 14.0. The zero-order chi connectivity index (χ0) is 27.6. The molecule has 0 spiro atoms. The molecule has 1 aliphatic rings. The Hall–Kier alpha value is -3.40. The van der Waals surface area contributed by atoms with E-state index in [1.54, 1.807) is 0 Å². The fraction of sp³-hybridized carbons (Fsp3) is 0.278. The second kappa shape index (κ2) is 9.08. The second-order valence-corrected chi connectivity index (χ2v) is 12.9. The quantitative estimate of drug-likeness (QED) is 0.225. The average Bonchev–Trinajstić information content (AvgIpc) is 3.13. The summed E-state index contributed by atoms with van der Waals surface area (Å²) >= 11 is 0. The summed E-state index contributed by atoms with van der Waals surface area (Å²) < 4.78 is 12.6. The number of rotatable bonds is 3. The first-order chi connectivity index (χ1) is 18.4. The van der Waals surface area contributed by atoms with Gasteiger partial charge in [-0.1, -0.05) is 106 Å². The summed E-state index contributed by atoms with van der Waals surface area (Å²) in [6.07, 6.45) is 0. The standard InChI is InChI=1S/C36H37BO2/c1-34(2,3)33-20-19-30(31-13-8-9-14-32(31)33)28-12-10-11-24(22-28)25-15-16-27-23-29(18-17-26(27)21-25)37-38-35(4,5)36(6,7)39-37/h8-23H,1-7H3. The van der Waals surface area contributed by atoms with Crippen LogP contribution in [0.3, 0.4) is 0 Å². The number of fused-ring (bicyclic) bond motifs is 2. The smallest absolute Gasteiger partial charge is 0.399 e. The van der Waals surface area contributed by atoms with E-state index in [0.29, 0.717) is 0 Å². The van der Waals surface area contributed by atoms with Gasteiger partial charge in [-0.25, -0.2) is 0 Å². The van der Waals surface area contributed by atoms with Gasteiger partial charge in [0.1, 0.15) is 0 Å². The molecule has 5 aromatic rings. The van der Waals surface area contributed by atoms with Crippen LogP contribution in [0.4, 0.5) is 0 Å². The summed E-state index contributed by atoms with van der Waals surface area (Å²) in [5.74, 6) is 0. The molecule has 6 rings (SSSR count). The van der Waals surface area contributed by atoms with E-state index in [-0.39, 0.29) is 23.7 Å². The van der Waals surface area contributed by atoms with Crippen LogP contribution in [0.1, 0.15) is 54.0 Å². The Labute approximate surface area is 233 Å². The molecule has 0 radical (unpaired) electrons. The monoisotopic (exact) mass is 512 g/mol. The first kappa shape index (κ1) is 25.9. The molecule has 0 saturated carbocycles. The zero-order valence-electron chi connectivity index (χ0n) is 24.1. The van der Waals surface area contributed by atoms with Crippen LogP contribution in [0.15, 0.2) is 97.1 Å². The third-order valence-electron chi connectivity index (χ3n) is 8.63. The van der Waals surface area contributed by atoms with Gasteiger partial charge in [0, 0.05) is 0 Å². The molecule has 0 unspecified atom stereocenters. The van der Waals surface area contributed by atoms with Gasteiger partial charge in [-0.3, -0.25) is 0 Å². The van der Waals surface area contributed by atoms with Gasteiger partial charge >= 0.3 is 7.12 Å². The lowest BCUT2D eigenvalue weighted by atomic mass is 9.78. The van der Waals surface area contributed by atoms with Crippen molar-refractivity contribution in [2.45, 2.75) is 65.1 Å². The molecular weight excluding hydrogens is 475 g/mol. The Balaban J connectivity index is 1.35. The van der Waals surface area contributed by atoms with Gasteiger partial charge in [0.05, 0.1) is 11.2 Å². The predicted octanol–water partition coefficient (Wildman–Crippen LogP) is 8.92. The minimum absolute atomic E-state index is 0.0906. The van der Waals surface area contributed by atoms with Gasteiger partial charge < -0.3 is 9.31 Å². The zero-order valence-corrected chi connectivity index (χ0v) is 24.1. The number of hydrogen-bond acceptors (Lipinski definition) is 2. The molecule has 1 fully saturated rings. The van der Waals surface area contributed by atoms with Gasteiger partial charge in [0.2, 0.25) is 0 Å². The highest BCUT2D eigenvalue weighted by Gasteiger charge is 2.51. The summed E-state index contributed by atoms with van der Waals surface area (Å²) in [7, 11) is -0.352. The molecule has 3 heteroatoms. The summed E-state index contributed by atoms with van der Waals surface area (Å²) in [5, 5.41) is 5.02. The molecule has 0 amide bonds. The van der Waals surface area contributed by atoms with Crippen molar-refractivity contribution in [1.29, 1.82) is 0 Å². The topological polar surface area (TPSA) is 18.5 Å². The Morgan fingerprint density at radius 3 is 1.90 bits per heavy atom. The minimum atomic E-state index is -0.352. The Morgan fingerprint density at radius 1 is 0.564 bits per heavy atom. The van der Waals surface area contributed by atoms with Crippen LogP contribution in [0.25, 0.3) is 43.8 Å². The van der Waals surface area contributed by atoms with Crippen molar-refractivity contribution in [3.63, 3.8) is 0 Å². The fourth-order valence-corrected chi connectivity index (χ4v) is 5.64. The molecule has 0 aliphatic carbocycles. The number of hydrogen-bond donors (Lipinski definition) is 0. The third-order valence-corrected chi connectivity index (χ3v) is 8.63. The molecule has 0 aromatic heterocycles. The van der Waals surface area contributed by atoms with E-state index < -0.39 is 0 Å². The highest BCUT2D eigenvalue weighted by atomic mass is 16.7. The van der Waals surface area contributed by atoms with Gasteiger partial charge in [-0.05, 0) is 100 Å². The summed E-state index contributed by atoms with van der Waals surface area (Å²) in [4.78, 5) is 0. The molecule has 1 aliphatic heterocycles. The normalized spacial score (nSPS) is 16.7. The lowest BCUT2D eigenvalue weighted by Crippen LogP contribution is -2.41. The van der Waals surface area contributed by atoms with Crippen LogP contribution in [-0.2, 0) is 14.7 Å². The van der Waals surface area contributed by atoms with Crippen LogP contribution >= 0.6 is 0 Å². The van der Waals surface area contributed by atoms with Gasteiger partial charge in [0.25, 0.3) is 0 Å². The Kier molecular flexibility index (Phi) is 6.02. The van der Waals surface area contributed by atoms with Crippen LogP contribution in [0.5, 0.6) is 0 Å². The summed E-state index contributed by atoms with van der Waals surface area (Å²) in [6.45, 7) is 15.2. The highest BCUT2D eigenvalue weighted by molar-refractivity contribution is 6.62. The second-order valence-electron chi connectivity index (χ2n) is 12.9.